The zero-order chi connectivity index (χ0) is 59.7. The summed E-state index contributed by atoms with van der Waals surface area (Å²) in [7, 11) is 13.7. The second kappa shape index (κ2) is 31.0. The number of amides is 3. The van der Waals surface area contributed by atoms with Crippen LogP contribution in [-0.2, 0) is 46.9 Å². The quantitative estimate of drug-likeness (QED) is 0.0784. The minimum absolute atomic E-state index is 0.167. The van der Waals surface area contributed by atoms with Crippen LogP contribution in [0.3, 0.4) is 0 Å². The standard InChI is InChI=1S/2C22H26Cl2N2O2.C21H24Cl2N2O2/c2*1-26(2,19-9-11-28-12-10-19)15-17-5-3-16(4-6-17)14-25-22(27)18-7-8-20(23)21(24)13-18;1-25(2,17-10-12-27-13-11-17)14-15-6-8-16(9-7-15)24-21(26)18-4-3-5-19(22)20(18)23/h2*3-8,13,19H,9-12,14-15H2,1-2H3;3-9,17H,10-14H2,1-2H3/p+3. The van der Waals surface area contributed by atoms with Crippen molar-refractivity contribution >= 4 is 93.0 Å². The zero-order valence-corrected chi connectivity index (χ0v) is 53.0. The molecular weight excluding hydrogens is 1170 g/mol. The molecule has 0 unspecified atom stereocenters. The van der Waals surface area contributed by atoms with Crippen molar-refractivity contribution in [3.8, 4) is 0 Å². The molecule has 12 nitrogen and oxygen atoms in total. The predicted octanol–water partition coefficient (Wildman–Crippen LogP) is 14.4. The molecule has 6 aromatic carbocycles. The lowest BCUT2D eigenvalue weighted by Crippen LogP contribution is -2.50. The summed E-state index contributed by atoms with van der Waals surface area (Å²) in [5, 5.41) is 11.0. The lowest BCUT2D eigenvalue weighted by Gasteiger charge is -2.40. The van der Waals surface area contributed by atoms with E-state index in [2.05, 4.69) is 119 Å². The average Bonchev–Trinajstić information content (AvgIpc) is 3.54. The Kier molecular flexibility index (Phi) is 24.6. The average molecular weight is 1250 g/mol. The van der Waals surface area contributed by atoms with E-state index in [0.717, 1.165) is 128 Å². The van der Waals surface area contributed by atoms with Gasteiger partial charge in [0.25, 0.3) is 17.7 Å². The Hall–Kier alpha value is -4.77. The van der Waals surface area contributed by atoms with Gasteiger partial charge in [-0.1, -0.05) is 136 Å². The van der Waals surface area contributed by atoms with E-state index in [0.29, 0.717) is 73.0 Å². The normalized spacial score (nSPS) is 15.5. The van der Waals surface area contributed by atoms with Crippen LogP contribution in [0.5, 0.6) is 0 Å². The van der Waals surface area contributed by atoms with Gasteiger partial charge in [-0.2, -0.15) is 0 Å². The maximum absolute atomic E-state index is 12.4. The van der Waals surface area contributed by atoms with Crippen molar-refractivity contribution in [2.24, 2.45) is 0 Å². The third kappa shape index (κ3) is 19.9. The third-order valence-corrected chi connectivity index (χ3v) is 18.3. The van der Waals surface area contributed by atoms with Crippen LogP contribution in [0.2, 0.25) is 30.1 Å². The zero-order valence-electron chi connectivity index (χ0n) is 48.4. The van der Waals surface area contributed by atoms with Crippen LogP contribution in [-0.4, -0.2) is 131 Å². The second-order valence-corrected chi connectivity index (χ2v) is 25.8. The Morgan fingerprint density at radius 1 is 0.410 bits per heavy atom. The largest absolute Gasteiger partial charge is 0.381 e. The molecule has 0 spiro atoms. The molecule has 3 fully saturated rings. The molecule has 444 valence electrons. The van der Waals surface area contributed by atoms with Gasteiger partial charge in [-0.15, -0.1) is 0 Å². The van der Waals surface area contributed by atoms with Crippen LogP contribution in [0.4, 0.5) is 5.69 Å². The molecule has 9 rings (SSSR count). The maximum atomic E-state index is 12.4. The first-order valence-corrected chi connectivity index (χ1v) is 30.5. The molecule has 0 saturated carbocycles. The molecule has 3 N–H and O–H groups in total. The topological polar surface area (TPSA) is 115 Å². The van der Waals surface area contributed by atoms with Crippen molar-refractivity contribution in [2.45, 2.75) is 89.4 Å². The van der Waals surface area contributed by atoms with Gasteiger partial charge in [-0.05, 0) is 71.8 Å². The summed E-state index contributed by atoms with van der Waals surface area (Å²) in [5.74, 6) is -0.603. The van der Waals surface area contributed by atoms with Crippen molar-refractivity contribution in [3.63, 3.8) is 0 Å². The summed E-state index contributed by atoms with van der Waals surface area (Å²) in [5.41, 5.74) is 8.07. The first-order chi connectivity index (χ1) is 39.6. The van der Waals surface area contributed by atoms with Gasteiger partial charge in [0.15, 0.2) is 0 Å². The summed E-state index contributed by atoms with van der Waals surface area (Å²) in [6, 6.07) is 41.6. The minimum Gasteiger partial charge on any atom is -0.381 e. The van der Waals surface area contributed by atoms with Crippen molar-refractivity contribution in [1.82, 2.24) is 10.6 Å². The van der Waals surface area contributed by atoms with E-state index in [9.17, 15) is 14.4 Å². The van der Waals surface area contributed by atoms with Gasteiger partial charge in [-0.3, -0.25) is 14.4 Å². The van der Waals surface area contributed by atoms with Gasteiger partial charge >= 0.3 is 0 Å². The predicted molar refractivity (Wildman–Crippen MR) is 338 cm³/mol. The number of hydrogen-bond acceptors (Lipinski definition) is 6. The molecule has 0 radical (unpaired) electrons. The molecule has 83 heavy (non-hydrogen) atoms. The van der Waals surface area contributed by atoms with Gasteiger partial charge in [0.2, 0.25) is 0 Å². The first kappa shape index (κ1) is 65.8. The summed E-state index contributed by atoms with van der Waals surface area (Å²) in [4.78, 5) is 37.0. The van der Waals surface area contributed by atoms with E-state index < -0.39 is 0 Å². The lowest BCUT2D eigenvalue weighted by molar-refractivity contribution is -0.929. The van der Waals surface area contributed by atoms with Crippen molar-refractivity contribution < 1.29 is 42.0 Å². The summed E-state index contributed by atoms with van der Waals surface area (Å²) < 4.78 is 19.3. The maximum Gasteiger partial charge on any atom is 0.257 e. The van der Waals surface area contributed by atoms with Gasteiger partial charge in [0.1, 0.15) is 19.6 Å². The summed E-state index contributed by atoms with van der Waals surface area (Å²) in [6.45, 7) is 9.02. The molecule has 18 heteroatoms. The van der Waals surface area contributed by atoms with Crippen LogP contribution in [0.1, 0.15) is 97.4 Å². The number of hydrogen-bond donors (Lipinski definition) is 3. The second-order valence-electron chi connectivity index (χ2n) is 23.3. The molecule has 3 saturated heterocycles. The Morgan fingerprint density at radius 3 is 1.10 bits per heavy atom. The van der Waals surface area contributed by atoms with E-state index in [-0.39, 0.29) is 22.7 Å². The van der Waals surface area contributed by atoms with E-state index in [4.69, 9.17) is 83.8 Å². The molecule has 0 bridgehead atoms. The van der Waals surface area contributed by atoms with Gasteiger partial charge in [-0.25, -0.2) is 0 Å². The van der Waals surface area contributed by atoms with Gasteiger partial charge in [0.05, 0.1) is 136 Å². The highest BCUT2D eigenvalue weighted by Crippen LogP contribution is 2.29. The molecule has 0 aliphatic carbocycles. The highest BCUT2D eigenvalue weighted by molar-refractivity contribution is 6.44. The fourth-order valence-electron chi connectivity index (χ4n) is 10.9. The fourth-order valence-corrected chi connectivity index (χ4v) is 11.9. The summed E-state index contributed by atoms with van der Waals surface area (Å²) >= 11 is 35.9. The Bertz CT molecular complexity index is 2950. The SMILES string of the molecule is C[N+](C)(Cc1ccc(CNC(=O)c2ccc(Cl)c(Cl)c2)cc1)C1CCOCC1.C[N+](C)(Cc1ccc(CNC(=O)c2ccc(Cl)c(Cl)c2)cc1)C1CCOCC1.C[N+](C)(Cc1ccc(NC(=O)c2cccc(Cl)c2Cl)cc1)C1CCOCC1. The number of nitrogens with zero attached hydrogens (tertiary/aromatic N) is 3. The number of quaternary nitrogens is 3. The first-order valence-electron chi connectivity index (χ1n) is 28.2. The summed E-state index contributed by atoms with van der Waals surface area (Å²) in [6.07, 6.45) is 6.67. The number of anilines is 1. The van der Waals surface area contributed by atoms with E-state index in [1.54, 1.807) is 54.6 Å². The minimum atomic E-state index is -0.270. The Morgan fingerprint density at radius 2 is 0.747 bits per heavy atom. The monoisotopic (exact) mass is 1250 g/mol. The molecule has 0 aromatic heterocycles. The molecule has 3 aliphatic heterocycles. The molecule has 3 heterocycles. The Balaban J connectivity index is 0.000000179. The van der Waals surface area contributed by atoms with Crippen LogP contribution >= 0.6 is 69.6 Å². The fraction of sp³-hybridized carbons (Fsp3) is 0.400. The van der Waals surface area contributed by atoms with E-state index >= 15 is 0 Å². The smallest absolute Gasteiger partial charge is 0.257 e. The molecule has 3 amide bonds. The molecule has 3 aliphatic rings. The number of carbonyl (C=O) groups excluding carboxylic acids is 3. The van der Waals surface area contributed by atoms with E-state index in [1.165, 1.54) is 16.7 Å². The number of benzene rings is 6. The number of carbonyl (C=O) groups is 3. The van der Waals surface area contributed by atoms with Gasteiger partial charge in [0, 0.05) is 85.1 Å². The number of rotatable bonds is 17. The highest BCUT2D eigenvalue weighted by atomic mass is 35.5. The van der Waals surface area contributed by atoms with Gasteiger partial charge < -0.3 is 43.6 Å². The van der Waals surface area contributed by atoms with Crippen molar-refractivity contribution in [3.05, 3.63) is 202 Å². The van der Waals surface area contributed by atoms with Crippen LogP contribution in [0.15, 0.2) is 127 Å². The van der Waals surface area contributed by atoms with Crippen molar-refractivity contribution in [2.75, 3.05) is 87.2 Å². The highest BCUT2D eigenvalue weighted by Gasteiger charge is 2.33. The lowest BCUT2D eigenvalue weighted by atomic mass is 10.0. The third-order valence-electron chi connectivity index (χ3n) is 16.0. The van der Waals surface area contributed by atoms with Crippen LogP contribution in [0.25, 0.3) is 0 Å². The van der Waals surface area contributed by atoms with Crippen LogP contribution < -0.4 is 16.0 Å². The number of halogens is 6. The van der Waals surface area contributed by atoms with E-state index in [1.807, 2.05) is 12.1 Å². The van der Waals surface area contributed by atoms with Crippen molar-refractivity contribution in [1.29, 1.82) is 0 Å². The number of ether oxygens (including phenoxy) is 3. The molecule has 0 atom stereocenters. The van der Waals surface area contributed by atoms with Crippen LogP contribution in [0, 0.1) is 0 Å². The molecular formula is C65H79Cl6N6O6+3. The number of nitrogens with one attached hydrogen (secondary N) is 3. The Labute approximate surface area is 520 Å². The molecule has 6 aromatic rings.